The lowest BCUT2D eigenvalue weighted by Gasteiger charge is -2.07. The molecule has 0 spiro atoms. The molecular formula is C12H9BrFNO3S. The number of aromatic hydroxyl groups is 1. The maximum Gasteiger partial charge on any atom is 0.293 e. The lowest BCUT2D eigenvalue weighted by molar-refractivity contribution is -0.121. The molecule has 1 aromatic carbocycles. The second-order valence-electron chi connectivity index (χ2n) is 3.98. The molecule has 19 heavy (non-hydrogen) atoms. The molecule has 1 heterocycles. The second-order valence-corrected chi connectivity index (χ2v) is 5.76. The van der Waals surface area contributed by atoms with E-state index in [2.05, 4.69) is 15.9 Å². The van der Waals surface area contributed by atoms with Gasteiger partial charge < -0.3 is 5.11 Å². The number of amides is 2. The molecule has 1 aromatic rings. The van der Waals surface area contributed by atoms with Crippen LogP contribution in [-0.2, 0) is 4.79 Å². The Labute approximate surface area is 121 Å². The summed E-state index contributed by atoms with van der Waals surface area (Å²) in [6, 6.07) is 1.34. The number of carbonyl (C=O) groups is 2. The van der Waals surface area contributed by atoms with Crippen molar-refractivity contribution in [2.45, 2.75) is 6.92 Å². The normalized spacial score (nSPS) is 17.7. The highest BCUT2D eigenvalue weighted by atomic mass is 79.9. The SMILES string of the molecule is Cc1c(O)cc(/C=C2\SC(=O)N(C)C2=O)c(Br)c1F. The zero-order valence-corrected chi connectivity index (χ0v) is 12.4. The Hall–Kier alpha value is -1.34. The molecule has 1 saturated heterocycles. The van der Waals surface area contributed by atoms with E-state index in [1.807, 2.05) is 0 Å². The van der Waals surface area contributed by atoms with Crippen molar-refractivity contribution in [3.8, 4) is 5.75 Å². The number of benzene rings is 1. The van der Waals surface area contributed by atoms with E-state index in [-0.39, 0.29) is 25.9 Å². The smallest absolute Gasteiger partial charge is 0.293 e. The van der Waals surface area contributed by atoms with Gasteiger partial charge in [0, 0.05) is 12.6 Å². The van der Waals surface area contributed by atoms with Gasteiger partial charge in [0.05, 0.1) is 9.38 Å². The van der Waals surface area contributed by atoms with Gasteiger partial charge in [-0.25, -0.2) is 4.39 Å². The van der Waals surface area contributed by atoms with E-state index in [1.54, 1.807) is 0 Å². The average Bonchev–Trinajstić information content (AvgIpc) is 2.61. The topological polar surface area (TPSA) is 57.6 Å². The third-order valence-electron chi connectivity index (χ3n) is 2.72. The highest BCUT2D eigenvalue weighted by molar-refractivity contribution is 9.10. The van der Waals surface area contributed by atoms with Crippen molar-refractivity contribution in [2.24, 2.45) is 0 Å². The van der Waals surface area contributed by atoms with E-state index >= 15 is 0 Å². The number of halogens is 2. The minimum absolute atomic E-state index is 0.118. The van der Waals surface area contributed by atoms with Crippen LogP contribution < -0.4 is 0 Å². The van der Waals surface area contributed by atoms with Crippen LogP contribution in [0, 0.1) is 12.7 Å². The largest absolute Gasteiger partial charge is 0.508 e. The summed E-state index contributed by atoms with van der Waals surface area (Å²) in [5.74, 6) is -1.24. The summed E-state index contributed by atoms with van der Waals surface area (Å²) < 4.78 is 13.9. The molecule has 0 atom stereocenters. The average molecular weight is 346 g/mol. The molecule has 0 radical (unpaired) electrons. The van der Waals surface area contributed by atoms with Gasteiger partial charge in [-0.15, -0.1) is 0 Å². The number of hydrogen-bond donors (Lipinski definition) is 1. The molecule has 1 N–H and O–H groups in total. The standard InChI is InChI=1S/C12H9BrFNO3S/c1-5-7(16)3-6(9(13)10(5)14)4-8-11(17)15(2)12(18)19-8/h3-4,16H,1-2H3/b8-4-. The summed E-state index contributed by atoms with van der Waals surface area (Å²) in [7, 11) is 1.38. The molecule has 1 aliphatic rings. The number of nitrogens with zero attached hydrogens (tertiary/aromatic N) is 1. The molecule has 0 aromatic heterocycles. The molecule has 0 saturated carbocycles. The predicted molar refractivity (Wildman–Crippen MR) is 74.2 cm³/mol. The molecule has 7 heteroatoms. The zero-order valence-electron chi connectivity index (χ0n) is 10.0. The van der Waals surface area contributed by atoms with Gasteiger partial charge in [0.2, 0.25) is 0 Å². The van der Waals surface area contributed by atoms with Crippen LogP contribution in [0.1, 0.15) is 11.1 Å². The van der Waals surface area contributed by atoms with Crippen molar-refractivity contribution in [3.05, 3.63) is 32.4 Å². The van der Waals surface area contributed by atoms with Crippen molar-refractivity contribution in [1.82, 2.24) is 4.90 Å². The number of hydrogen-bond acceptors (Lipinski definition) is 4. The minimum Gasteiger partial charge on any atom is -0.508 e. The van der Waals surface area contributed by atoms with Crippen molar-refractivity contribution in [2.75, 3.05) is 7.05 Å². The summed E-state index contributed by atoms with van der Waals surface area (Å²) in [6.07, 6.45) is 1.38. The molecule has 2 amide bonds. The van der Waals surface area contributed by atoms with E-state index in [4.69, 9.17) is 0 Å². The Kier molecular flexibility index (Phi) is 3.69. The van der Waals surface area contributed by atoms with E-state index in [0.717, 1.165) is 16.7 Å². The van der Waals surface area contributed by atoms with Crippen LogP contribution in [0.3, 0.4) is 0 Å². The Morgan fingerprint density at radius 3 is 2.63 bits per heavy atom. The second kappa shape index (κ2) is 4.97. The Morgan fingerprint density at radius 2 is 2.11 bits per heavy atom. The first-order valence-corrected chi connectivity index (χ1v) is 6.83. The summed E-state index contributed by atoms with van der Waals surface area (Å²) in [4.78, 5) is 24.2. The molecule has 2 rings (SSSR count). The maximum atomic E-state index is 13.8. The number of rotatable bonds is 1. The van der Waals surface area contributed by atoms with Crippen LogP contribution in [0.15, 0.2) is 15.4 Å². The summed E-state index contributed by atoms with van der Waals surface area (Å²) in [6.45, 7) is 1.44. The predicted octanol–water partition coefficient (Wildman–Crippen LogP) is 3.27. The van der Waals surface area contributed by atoms with Gasteiger partial charge in [0.25, 0.3) is 11.1 Å². The van der Waals surface area contributed by atoms with Gasteiger partial charge in [-0.1, -0.05) is 0 Å². The van der Waals surface area contributed by atoms with Crippen LogP contribution in [0.2, 0.25) is 0 Å². The monoisotopic (exact) mass is 345 g/mol. The fourth-order valence-corrected chi connectivity index (χ4v) is 2.86. The van der Waals surface area contributed by atoms with Gasteiger partial charge in [-0.3, -0.25) is 14.5 Å². The number of likely N-dealkylation sites (N-methyl/N-ethyl adjacent to an activating group) is 1. The van der Waals surface area contributed by atoms with E-state index in [1.165, 1.54) is 26.1 Å². The molecular weight excluding hydrogens is 337 g/mol. The Morgan fingerprint density at radius 1 is 1.47 bits per heavy atom. The number of phenolic OH excluding ortho intramolecular Hbond substituents is 1. The Balaban J connectivity index is 2.51. The Bertz CT molecular complexity index is 630. The van der Waals surface area contributed by atoms with E-state index < -0.39 is 11.7 Å². The molecule has 0 aliphatic carbocycles. The van der Waals surface area contributed by atoms with Crippen molar-refractivity contribution < 1.29 is 19.1 Å². The van der Waals surface area contributed by atoms with Gasteiger partial charge >= 0.3 is 0 Å². The van der Waals surface area contributed by atoms with E-state index in [9.17, 15) is 19.1 Å². The fourth-order valence-electron chi connectivity index (χ4n) is 1.51. The van der Waals surface area contributed by atoms with Crippen LogP contribution in [-0.4, -0.2) is 28.2 Å². The quantitative estimate of drug-likeness (QED) is 0.793. The number of imide groups is 1. The molecule has 4 nitrogen and oxygen atoms in total. The first-order valence-electron chi connectivity index (χ1n) is 5.22. The third-order valence-corrected chi connectivity index (χ3v) is 4.49. The lowest BCUT2D eigenvalue weighted by Crippen LogP contribution is -2.22. The first kappa shape index (κ1) is 14.1. The van der Waals surface area contributed by atoms with Gasteiger partial charge in [0.15, 0.2) is 0 Å². The zero-order chi connectivity index (χ0) is 14.3. The molecule has 0 bridgehead atoms. The maximum absolute atomic E-state index is 13.8. The molecule has 1 aliphatic heterocycles. The highest BCUT2D eigenvalue weighted by Gasteiger charge is 2.32. The molecule has 1 fully saturated rings. The lowest BCUT2D eigenvalue weighted by atomic mass is 10.1. The molecule has 0 unspecified atom stereocenters. The van der Waals surface area contributed by atoms with Crippen molar-refractivity contribution in [3.63, 3.8) is 0 Å². The van der Waals surface area contributed by atoms with Crippen molar-refractivity contribution in [1.29, 1.82) is 0 Å². The number of phenols is 1. The summed E-state index contributed by atoms with van der Waals surface area (Å²) >= 11 is 3.85. The third kappa shape index (κ3) is 2.40. The summed E-state index contributed by atoms with van der Waals surface area (Å²) in [5, 5.41) is 9.20. The van der Waals surface area contributed by atoms with Crippen molar-refractivity contribution >= 4 is 44.9 Å². The first-order chi connectivity index (χ1) is 8.82. The number of thioether (sulfide) groups is 1. The van der Waals surface area contributed by atoms with Crippen LogP contribution in [0.25, 0.3) is 6.08 Å². The highest BCUT2D eigenvalue weighted by Crippen LogP contribution is 2.35. The summed E-state index contributed by atoms with van der Waals surface area (Å²) in [5.41, 5.74) is 0.423. The van der Waals surface area contributed by atoms with Gasteiger partial charge in [0.1, 0.15) is 11.6 Å². The molecule has 100 valence electrons. The van der Waals surface area contributed by atoms with Crippen LogP contribution >= 0.6 is 27.7 Å². The number of carbonyl (C=O) groups excluding carboxylic acids is 2. The van der Waals surface area contributed by atoms with Gasteiger partial charge in [-0.2, -0.15) is 0 Å². The fraction of sp³-hybridized carbons (Fsp3) is 0.167. The van der Waals surface area contributed by atoms with Crippen LogP contribution in [0.4, 0.5) is 9.18 Å². The van der Waals surface area contributed by atoms with Gasteiger partial charge in [-0.05, 0) is 52.3 Å². The minimum atomic E-state index is -0.595. The van der Waals surface area contributed by atoms with Crippen LogP contribution in [0.5, 0.6) is 5.75 Å². The van der Waals surface area contributed by atoms with E-state index in [0.29, 0.717) is 5.56 Å².